The van der Waals surface area contributed by atoms with Crippen LogP contribution in [-0.2, 0) is 11.2 Å². The van der Waals surface area contributed by atoms with Gasteiger partial charge in [0, 0.05) is 10.9 Å². The first kappa shape index (κ1) is 12.1. The lowest BCUT2D eigenvalue weighted by Crippen LogP contribution is -2.32. The van der Waals surface area contributed by atoms with Gasteiger partial charge in [0.1, 0.15) is 6.04 Å². The van der Waals surface area contributed by atoms with E-state index in [1.165, 1.54) is 6.07 Å². The van der Waals surface area contributed by atoms with Crippen LogP contribution < -0.4 is 5.73 Å². The topological polar surface area (TPSA) is 63.3 Å². The molecule has 82 valence electrons. The first-order valence-corrected chi connectivity index (χ1v) is 4.83. The first-order valence-electron chi connectivity index (χ1n) is 4.03. The second-order valence-electron chi connectivity index (χ2n) is 3.01. The molecule has 0 amide bonds. The standard InChI is InChI=1S/C9H8BrF2NO2/c10-5-1-4(2-7(13)9(14)15)8(12)6(11)3-5/h1,3,7H,2,13H2,(H,14,15). The lowest BCUT2D eigenvalue weighted by molar-refractivity contribution is -0.138. The van der Waals surface area contributed by atoms with Crippen LogP contribution in [0.15, 0.2) is 16.6 Å². The predicted octanol–water partition coefficient (Wildman–Crippen LogP) is 1.68. The number of carboxylic acids is 1. The third-order valence-electron chi connectivity index (χ3n) is 1.83. The molecule has 0 aliphatic rings. The number of aliphatic carboxylic acids is 1. The number of carboxylic acid groups (broad SMARTS) is 1. The quantitative estimate of drug-likeness (QED) is 0.828. The molecule has 3 N–H and O–H groups in total. The molecule has 0 radical (unpaired) electrons. The van der Waals surface area contributed by atoms with Crippen LogP contribution in [0.3, 0.4) is 0 Å². The maximum absolute atomic E-state index is 13.2. The Balaban J connectivity index is 2.99. The zero-order valence-electron chi connectivity index (χ0n) is 7.51. The zero-order valence-corrected chi connectivity index (χ0v) is 9.09. The third-order valence-corrected chi connectivity index (χ3v) is 2.28. The van der Waals surface area contributed by atoms with Crippen molar-refractivity contribution in [2.45, 2.75) is 12.5 Å². The molecule has 1 rings (SSSR count). The maximum Gasteiger partial charge on any atom is 0.320 e. The van der Waals surface area contributed by atoms with Crippen molar-refractivity contribution in [3.8, 4) is 0 Å². The summed E-state index contributed by atoms with van der Waals surface area (Å²) in [5, 5.41) is 8.52. The number of hydrogen-bond acceptors (Lipinski definition) is 2. The summed E-state index contributed by atoms with van der Waals surface area (Å²) >= 11 is 2.98. The summed E-state index contributed by atoms with van der Waals surface area (Å²) < 4.78 is 26.4. The molecule has 0 aromatic heterocycles. The van der Waals surface area contributed by atoms with Gasteiger partial charge in [-0.1, -0.05) is 15.9 Å². The molecular weight excluding hydrogens is 272 g/mol. The molecule has 0 heterocycles. The van der Waals surface area contributed by atoms with E-state index in [9.17, 15) is 13.6 Å². The Morgan fingerprint density at radius 3 is 2.67 bits per heavy atom. The summed E-state index contributed by atoms with van der Waals surface area (Å²) in [5.41, 5.74) is 5.16. The summed E-state index contributed by atoms with van der Waals surface area (Å²) in [6.07, 6.45) is -0.252. The highest BCUT2D eigenvalue weighted by Gasteiger charge is 2.17. The van der Waals surface area contributed by atoms with Crippen LogP contribution in [0.5, 0.6) is 0 Å². The van der Waals surface area contributed by atoms with E-state index in [4.69, 9.17) is 10.8 Å². The highest BCUT2D eigenvalue weighted by Crippen LogP contribution is 2.20. The lowest BCUT2D eigenvalue weighted by Gasteiger charge is -2.08. The number of nitrogens with two attached hydrogens (primary N) is 1. The maximum atomic E-state index is 13.2. The van der Waals surface area contributed by atoms with E-state index in [-0.39, 0.29) is 12.0 Å². The fourth-order valence-corrected chi connectivity index (χ4v) is 1.56. The van der Waals surface area contributed by atoms with Crippen LogP contribution in [0.4, 0.5) is 8.78 Å². The molecule has 6 heteroatoms. The number of rotatable bonds is 3. The van der Waals surface area contributed by atoms with Crippen molar-refractivity contribution >= 4 is 21.9 Å². The largest absolute Gasteiger partial charge is 0.480 e. The Labute approximate surface area is 93.0 Å². The molecule has 1 unspecified atom stereocenters. The smallest absolute Gasteiger partial charge is 0.320 e. The van der Waals surface area contributed by atoms with E-state index >= 15 is 0 Å². The second-order valence-corrected chi connectivity index (χ2v) is 3.93. The van der Waals surface area contributed by atoms with Gasteiger partial charge in [-0.05, 0) is 17.7 Å². The van der Waals surface area contributed by atoms with Gasteiger partial charge in [-0.25, -0.2) is 8.78 Å². The van der Waals surface area contributed by atoms with Crippen LogP contribution in [0.1, 0.15) is 5.56 Å². The number of benzene rings is 1. The molecule has 1 atom stereocenters. The average Bonchev–Trinajstić information content (AvgIpc) is 2.13. The van der Waals surface area contributed by atoms with E-state index in [1.54, 1.807) is 0 Å². The zero-order chi connectivity index (χ0) is 11.6. The van der Waals surface area contributed by atoms with E-state index in [1.807, 2.05) is 0 Å². The van der Waals surface area contributed by atoms with Gasteiger partial charge in [0.15, 0.2) is 11.6 Å². The molecule has 0 bridgehead atoms. The van der Waals surface area contributed by atoms with Crippen molar-refractivity contribution in [3.05, 3.63) is 33.8 Å². The number of carbonyl (C=O) groups is 1. The fourth-order valence-electron chi connectivity index (χ4n) is 1.08. The SMILES string of the molecule is NC(Cc1cc(Br)cc(F)c1F)C(=O)O. The fraction of sp³-hybridized carbons (Fsp3) is 0.222. The summed E-state index contributed by atoms with van der Waals surface area (Å²) in [5.74, 6) is -3.35. The Hall–Kier alpha value is -1.01. The Bertz CT molecular complexity index is 398. The monoisotopic (exact) mass is 279 g/mol. The molecule has 0 aliphatic heterocycles. The van der Waals surface area contributed by atoms with Gasteiger partial charge in [0.05, 0.1) is 0 Å². The van der Waals surface area contributed by atoms with Gasteiger partial charge >= 0.3 is 5.97 Å². The Morgan fingerprint density at radius 2 is 2.13 bits per heavy atom. The summed E-state index contributed by atoms with van der Waals surface area (Å²) in [4.78, 5) is 10.4. The van der Waals surface area contributed by atoms with Gasteiger partial charge in [-0.2, -0.15) is 0 Å². The van der Waals surface area contributed by atoms with Gasteiger partial charge in [-0.3, -0.25) is 4.79 Å². The highest BCUT2D eigenvalue weighted by molar-refractivity contribution is 9.10. The highest BCUT2D eigenvalue weighted by atomic mass is 79.9. The first-order chi connectivity index (χ1) is 6.91. The molecule has 0 fully saturated rings. The van der Waals surface area contributed by atoms with E-state index in [0.29, 0.717) is 4.47 Å². The van der Waals surface area contributed by atoms with Crippen molar-refractivity contribution < 1.29 is 18.7 Å². The molecule has 0 saturated carbocycles. The third kappa shape index (κ3) is 2.97. The summed E-state index contributed by atoms with van der Waals surface area (Å²) in [6, 6.07) is 1.03. The molecule has 15 heavy (non-hydrogen) atoms. The van der Waals surface area contributed by atoms with Gasteiger partial charge in [0.2, 0.25) is 0 Å². The van der Waals surface area contributed by atoms with Gasteiger partial charge < -0.3 is 10.8 Å². The minimum absolute atomic E-state index is 0.0585. The molecule has 1 aromatic carbocycles. The van der Waals surface area contributed by atoms with Crippen molar-refractivity contribution in [3.63, 3.8) is 0 Å². The number of hydrogen-bond donors (Lipinski definition) is 2. The number of halogens is 3. The van der Waals surface area contributed by atoms with E-state index < -0.39 is 23.6 Å². The summed E-state index contributed by atoms with van der Waals surface area (Å²) in [7, 11) is 0. The normalized spacial score (nSPS) is 12.5. The van der Waals surface area contributed by atoms with Crippen LogP contribution in [0.2, 0.25) is 0 Å². The summed E-state index contributed by atoms with van der Waals surface area (Å²) in [6.45, 7) is 0. The molecular formula is C9H8BrF2NO2. The Morgan fingerprint density at radius 1 is 1.53 bits per heavy atom. The molecule has 3 nitrogen and oxygen atoms in total. The minimum atomic E-state index is -1.25. The van der Waals surface area contributed by atoms with Crippen molar-refractivity contribution in [1.29, 1.82) is 0 Å². The average molecular weight is 280 g/mol. The molecule has 1 aromatic rings. The van der Waals surface area contributed by atoms with E-state index in [0.717, 1.165) is 6.07 Å². The van der Waals surface area contributed by atoms with Gasteiger partial charge in [0.25, 0.3) is 0 Å². The van der Waals surface area contributed by atoms with Crippen molar-refractivity contribution in [2.75, 3.05) is 0 Å². The van der Waals surface area contributed by atoms with Gasteiger partial charge in [-0.15, -0.1) is 0 Å². The van der Waals surface area contributed by atoms with Crippen LogP contribution >= 0.6 is 15.9 Å². The van der Waals surface area contributed by atoms with Crippen molar-refractivity contribution in [1.82, 2.24) is 0 Å². The second kappa shape index (κ2) is 4.67. The molecule has 0 aliphatic carbocycles. The predicted molar refractivity (Wildman–Crippen MR) is 53.4 cm³/mol. The van der Waals surface area contributed by atoms with Crippen LogP contribution in [0.25, 0.3) is 0 Å². The van der Waals surface area contributed by atoms with E-state index in [2.05, 4.69) is 15.9 Å². The Kier molecular flexibility index (Phi) is 3.76. The van der Waals surface area contributed by atoms with Crippen LogP contribution in [0, 0.1) is 11.6 Å². The molecule has 0 spiro atoms. The lowest BCUT2D eigenvalue weighted by atomic mass is 10.1. The van der Waals surface area contributed by atoms with Crippen LogP contribution in [-0.4, -0.2) is 17.1 Å². The molecule has 0 saturated heterocycles. The minimum Gasteiger partial charge on any atom is -0.480 e. The van der Waals surface area contributed by atoms with Crippen molar-refractivity contribution in [2.24, 2.45) is 5.73 Å².